The molecule has 6 heteroatoms. The molecule has 0 aliphatic heterocycles. The lowest BCUT2D eigenvalue weighted by Gasteiger charge is -2.33. The van der Waals surface area contributed by atoms with Crippen LogP contribution in [0.3, 0.4) is 0 Å². The van der Waals surface area contributed by atoms with Crippen molar-refractivity contribution >= 4 is 23.0 Å². The molecule has 0 heterocycles. The van der Waals surface area contributed by atoms with Crippen LogP contribution in [0.25, 0.3) is 11.1 Å². The zero-order chi connectivity index (χ0) is 35.1. The average Bonchev–Trinajstić information content (AvgIpc) is 3.38. The van der Waals surface area contributed by atoms with Gasteiger partial charge >= 0.3 is 0 Å². The van der Waals surface area contributed by atoms with Crippen LogP contribution in [0.5, 0.6) is 0 Å². The molecule has 5 rings (SSSR count). The summed E-state index contributed by atoms with van der Waals surface area (Å²) in [5.41, 5.74) is 9.17. The highest BCUT2D eigenvalue weighted by molar-refractivity contribution is 6.51. The number of carbonyl (C=O) groups excluding carboxylic acids is 2. The minimum atomic E-state index is -0.456. The molecule has 0 radical (unpaired) electrons. The molecule has 49 heavy (non-hydrogen) atoms. The first-order chi connectivity index (χ1) is 23.6. The second-order valence-electron chi connectivity index (χ2n) is 13.6. The predicted molar refractivity (Wildman–Crippen MR) is 199 cm³/mol. The molecule has 0 amide bonds. The Morgan fingerprint density at radius 2 is 1.24 bits per heavy atom. The van der Waals surface area contributed by atoms with E-state index in [1.165, 1.54) is 24.3 Å². The SMILES string of the molecule is CCCCCCC1(CCCCCC)c2cc(C(=O)C(=NC)c3cc(C)ccc3C)ccc2-c2ccc(C(=O)c3ccc([N+](=O)[O-])cc3)cc21. The summed E-state index contributed by atoms with van der Waals surface area (Å²) in [5, 5.41) is 11.2. The number of hydrogen-bond acceptors (Lipinski definition) is 5. The summed E-state index contributed by atoms with van der Waals surface area (Å²) < 4.78 is 0. The number of nitro benzene ring substituents is 1. The van der Waals surface area contributed by atoms with Crippen molar-refractivity contribution in [3.05, 3.63) is 133 Å². The van der Waals surface area contributed by atoms with Gasteiger partial charge in [-0.3, -0.25) is 24.7 Å². The molecule has 1 aliphatic rings. The molecule has 0 saturated heterocycles. The first kappa shape index (κ1) is 35.6. The highest BCUT2D eigenvalue weighted by Crippen LogP contribution is 2.55. The van der Waals surface area contributed by atoms with Crippen molar-refractivity contribution in [1.29, 1.82) is 0 Å². The first-order valence-corrected chi connectivity index (χ1v) is 17.8. The Kier molecular flexibility index (Phi) is 11.4. The Bertz CT molecular complexity index is 1870. The molecule has 6 nitrogen and oxygen atoms in total. The summed E-state index contributed by atoms with van der Waals surface area (Å²) in [7, 11) is 1.69. The summed E-state index contributed by atoms with van der Waals surface area (Å²) in [4.78, 5) is 43.4. The van der Waals surface area contributed by atoms with E-state index in [9.17, 15) is 19.7 Å². The van der Waals surface area contributed by atoms with Gasteiger partial charge in [0.2, 0.25) is 5.78 Å². The largest absolute Gasteiger partial charge is 0.289 e. The van der Waals surface area contributed by atoms with Gasteiger partial charge < -0.3 is 0 Å². The lowest BCUT2D eigenvalue weighted by molar-refractivity contribution is -0.384. The van der Waals surface area contributed by atoms with Gasteiger partial charge in [0, 0.05) is 46.8 Å². The third-order valence-corrected chi connectivity index (χ3v) is 10.2. The lowest BCUT2D eigenvalue weighted by atomic mass is 9.70. The number of unbranched alkanes of at least 4 members (excludes halogenated alkanes) is 6. The van der Waals surface area contributed by atoms with Gasteiger partial charge in [-0.2, -0.15) is 0 Å². The molecule has 0 aromatic heterocycles. The van der Waals surface area contributed by atoms with E-state index in [-0.39, 0.29) is 22.7 Å². The topological polar surface area (TPSA) is 89.6 Å². The summed E-state index contributed by atoms with van der Waals surface area (Å²) in [5.74, 6) is -0.248. The number of nitrogens with zero attached hydrogens (tertiary/aromatic N) is 2. The Morgan fingerprint density at radius 1 is 0.694 bits per heavy atom. The number of aryl methyl sites for hydroxylation is 2. The molecular formula is C43H48N2O4. The average molecular weight is 657 g/mol. The Balaban J connectivity index is 1.63. The van der Waals surface area contributed by atoms with E-state index in [1.54, 1.807) is 7.05 Å². The van der Waals surface area contributed by atoms with Crippen LogP contribution in [0, 0.1) is 24.0 Å². The maximum atomic E-state index is 14.3. The van der Waals surface area contributed by atoms with Crippen molar-refractivity contribution < 1.29 is 14.5 Å². The molecule has 0 N–H and O–H groups in total. The molecule has 0 saturated carbocycles. The van der Waals surface area contributed by atoms with E-state index in [4.69, 9.17) is 0 Å². The molecule has 0 atom stereocenters. The van der Waals surface area contributed by atoms with Crippen molar-refractivity contribution in [3.8, 4) is 11.1 Å². The van der Waals surface area contributed by atoms with Gasteiger partial charge in [-0.05, 0) is 84.8 Å². The summed E-state index contributed by atoms with van der Waals surface area (Å²) >= 11 is 0. The van der Waals surface area contributed by atoms with E-state index in [2.05, 4.69) is 49.2 Å². The quantitative estimate of drug-likeness (QED) is 0.0394. The zero-order valence-corrected chi connectivity index (χ0v) is 29.6. The Morgan fingerprint density at radius 3 is 1.80 bits per heavy atom. The number of benzene rings is 4. The van der Waals surface area contributed by atoms with Crippen molar-refractivity contribution in [2.75, 3.05) is 7.05 Å². The highest BCUT2D eigenvalue weighted by atomic mass is 16.6. The van der Waals surface area contributed by atoms with E-state index in [0.29, 0.717) is 22.4 Å². The summed E-state index contributed by atoms with van der Waals surface area (Å²) in [6, 6.07) is 24.1. The van der Waals surface area contributed by atoms with Crippen molar-refractivity contribution in [2.24, 2.45) is 4.99 Å². The number of nitro groups is 1. The van der Waals surface area contributed by atoms with Crippen molar-refractivity contribution in [3.63, 3.8) is 0 Å². The smallest absolute Gasteiger partial charge is 0.269 e. The molecule has 254 valence electrons. The lowest BCUT2D eigenvalue weighted by Crippen LogP contribution is -2.27. The third kappa shape index (κ3) is 7.34. The summed E-state index contributed by atoms with van der Waals surface area (Å²) in [6.45, 7) is 8.48. The minimum absolute atomic E-state index is 0.0432. The number of Topliss-reactive ketones (excluding diaryl/α,β-unsaturated/α-hetero) is 1. The number of non-ortho nitro benzene ring substituents is 1. The minimum Gasteiger partial charge on any atom is -0.289 e. The van der Waals surface area contributed by atoms with Crippen molar-refractivity contribution in [2.45, 2.75) is 97.3 Å². The molecule has 4 aromatic carbocycles. The van der Waals surface area contributed by atoms with Gasteiger partial charge in [-0.15, -0.1) is 0 Å². The molecule has 0 unspecified atom stereocenters. The molecule has 0 spiro atoms. The van der Waals surface area contributed by atoms with Gasteiger partial charge in [0.15, 0.2) is 5.78 Å². The second kappa shape index (κ2) is 15.7. The first-order valence-electron chi connectivity index (χ1n) is 17.8. The van der Waals surface area contributed by atoms with Crippen LogP contribution in [0.15, 0.2) is 83.9 Å². The van der Waals surface area contributed by atoms with Crippen LogP contribution >= 0.6 is 0 Å². The number of aliphatic imine (C=N–C) groups is 1. The van der Waals surface area contributed by atoms with Crippen LogP contribution in [0.4, 0.5) is 5.69 Å². The third-order valence-electron chi connectivity index (χ3n) is 10.2. The van der Waals surface area contributed by atoms with E-state index < -0.39 is 4.92 Å². The monoisotopic (exact) mass is 656 g/mol. The fourth-order valence-electron chi connectivity index (χ4n) is 7.52. The van der Waals surface area contributed by atoms with Crippen LogP contribution in [-0.4, -0.2) is 29.2 Å². The van der Waals surface area contributed by atoms with Gasteiger partial charge in [0.05, 0.1) is 4.92 Å². The Labute approximate surface area is 290 Å². The zero-order valence-electron chi connectivity index (χ0n) is 29.6. The standard InChI is InChI=1S/C43H48N2O4/c1-6-8-10-12-24-43(25-13-11-9-7-2)38-27-32(41(46)31-16-20-34(21-17-31)45(48)49)18-22-35(38)36-23-19-33(28-39(36)43)42(47)40(44-5)37-26-29(3)14-15-30(37)4/h14-23,26-28H,6-13,24-25H2,1-5H3. The Hall–Kier alpha value is -4.71. The molecule has 0 fully saturated rings. The van der Waals surface area contributed by atoms with E-state index in [1.807, 2.05) is 38.1 Å². The van der Waals surface area contributed by atoms with Crippen LogP contribution in [0.2, 0.25) is 0 Å². The highest BCUT2D eigenvalue weighted by Gasteiger charge is 2.43. The van der Waals surface area contributed by atoms with E-state index in [0.717, 1.165) is 103 Å². The number of hydrogen-bond donors (Lipinski definition) is 0. The number of ketones is 2. The second-order valence-corrected chi connectivity index (χ2v) is 13.6. The van der Waals surface area contributed by atoms with Gasteiger partial charge in [-0.1, -0.05) is 107 Å². The summed E-state index contributed by atoms with van der Waals surface area (Å²) in [6.07, 6.45) is 10.8. The molecule has 4 aromatic rings. The number of carbonyl (C=O) groups is 2. The van der Waals surface area contributed by atoms with Crippen LogP contribution < -0.4 is 0 Å². The van der Waals surface area contributed by atoms with Crippen molar-refractivity contribution in [1.82, 2.24) is 0 Å². The van der Waals surface area contributed by atoms with Crippen LogP contribution in [-0.2, 0) is 5.41 Å². The molecular weight excluding hydrogens is 608 g/mol. The predicted octanol–water partition coefficient (Wildman–Crippen LogP) is 11.0. The van der Waals surface area contributed by atoms with E-state index >= 15 is 0 Å². The maximum absolute atomic E-state index is 14.3. The molecule has 0 bridgehead atoms. The normalized spacial score (nSPS) is 13.2. The number of fused-ring (bicyclic) bond motifs is 3. The maximum Gasteiger partial charge on any atom is 0.269 e. The van der Waals surface area contributed by atoms with Gasteiger partial charge in [-0.25, -0.2) is 0 Å². The molecule has 1 aliphatic carbocycles. The fraction of sp³-hybridized carbons (Fsp3) is 0.372. The van der Waals surface area contributed by atoms with Crippen LogP contribution in [0.1, 0.15) is 132 Å². The van der Waals surface area contributed by atoms with Gasteiger partial charge in [0.1, 0.15) is 5.71 Å². The fourth-order valence-corrected chi connectivity index (χ4v) is 7.52. The van der Waals surface area contributed by atoms with Gasteiger partial charge in [0.25, 0.3) is 5.69 Å². The number of rotatable bonds is 16.